The largest absolute Gasteiger partial charge is 0.360 e. The molecule has 1 aliphatic rings. The molecule has 0 aliphatic heterocycles. The molecule has 1 amide bonds. The third-order valence-electron chi connectivity index (χ3n) is 2.82. The van der Waals surface area contributed by atoms with Crippen LogP contribution in [0.3, 0.4) is 0 Å². The second kappa shape index (κ2) is 4.29. The van der Waals surface area contributed by atoms with E-state index in [1.807, 2.05) is 5.38 Å². The molecule has 0 spiro atoms. The summed E-state index contributed by atoms with van der Waals surface area (Å²) in [4.78, 5) is 16.0. The molecule has 0 unspecified atom stereocenters. The average molecular weight is 249 g/mol. The Balaban J connectivity index is 1.84. The van der Waals surface area contributed by atoms with Crippen LogP contribution in [-0.2, 0) is 12.8 Å². The minimum Gasteiger partial charge on any atom is -0.360 e. The zero-order valence-electron chi connectivity index (χ0n) is 9.10. The molecule has 6 heteroatoms. The Bertz CT molecular complexity index is 533. The predicted molar refractivity (Wildman–Crippen MR) is 63.2 cm³/mol. The molecule has 17 heavy (non-hydrogen) atoms. The number of nitrogens with one attached hydrogen (secondary N) is 1. The van der Waals surface area contributed by atoms with E-state index in [9.17, 15) is 4.79 Å². The molecule has 0 fully saturated rings. The lowest BCUT2D eigenvalue weighted by atomic mass is 9.96. The molecule has 0 bridgehead atoms. The summed E-state index contributed by atoms with van der Waals surface area (Å²) < 4.78 is 5.20. The Hall–Kier alpha value is -1.69. The van der Waals surface area contributed by atoms with Gasteiger partial charge in [0.1, 0.15) is 5.76 Å². The van der Waals surface area contributed by atoms with Gasteiger partial charge >= 0.3 is 0 Å². The van der Waals surface area contributed by atoms with E-state index in [1.165, 1.54) is 11.3 Å². The molecule has 0 saturated heterocycles. The lowest BCUT2D eigenvalue weighted by Crippen LogP contribution is -2.15. The normalized spacial score (nSPS) is 14.4. The molecule has 1 N–H and O–H groups in total. The first-order chi connectivity index (χ1) is 8.34. The number of nitrogens with zero attached hydrogens (tertiary/aromatic N) is 2. The van der Waals surface area contributed by atoms with Crippen molar-refractivity contribution in [1.29, 1.82) is 0 Å². The topological polar surface area (TPSA) is 68.0 Å². The summed E-state index contributed by atoms with van der Waals surface area (Å²) in [7, 11) is 0. The van der Waals surface area contributed by atoms with Crippen molar-refractivity contribution in [3.05, 3.63) is 28.6 Å². The molecule has 3 rings (SSSR count). The van der Waals surface area contributed by atoms with Crippen molar-refractivity contribution >= 4 is 22.4 Å². The number of anilines is 1. The van der Waals surface area contributed by atoms with E-state index in [4.69, 9.17) is 4.52 Å². The zero-order valence-corrected chi connectivity index (χ0v) is 9.92. The number of hydrogen-bond donors (Lipinski definition) is 1. The number of thiazole rings is 1. The Morgan fingerprint density at radius 3 is 3.12 bits per heavy atom. The van der Waals surface area contributed by atoms with Crippen LogP contribution in [-0.4, -0.2) is 16.0 Å². The van der Waals surface area contributed by atoms with Gasteiger partial charge in [0.25, 0.3) is 5.91 Å². The highest BCUT2D eigenvalue weighted by Gasteiger charge is 2.24. The molecule has 88 valence electrons. The van der Waals surface area contributed by atoms with Gasteiger partial charge in [-0.3, -0.25) is 10.1 Å². The van der Waals surface area contributed by atoms with Crippen molar-refractivity contribution in [2.45, 2.75) is 25.7 Å². The van der Waals surface area contributed by atoms with Crippen molar-refractivity contribution in [3.8, 4) is 0 Å². The Morgan fingerprint density at radius 2 is 2.29 bits per heavy atom. The standard InChI is InChI=1S/C11H11N3O2S/c15-10(13-11-12-5-6-17-11)9-7-3-1-2-4-8(7)16-14-9/h5-6H,1-4H2,(H,12,13,15). The summed E-state index contributed by atoms with van der Waals surface area (Å²) in [6.45, 7) is 0. The van der Waals surface area contributed by atoms with Crippen molar-refractivity contribution in [2.24, 2.45) is 0 Å². The highest BCUT2D eigenvalue weighted by atomic mass is 32.1. The molecule has 0 saturated carbocycles. The molecule has 0 aromatic carbocycles. The van der Waals surface area contributed by atoms with Gasteiger partial charge in [-0.15, -0.1) is 11.3 Å². The van der Waals surface area contributed by atoms with Gasteiger partial charge in [0.05, 0.1) is 0 Å². The van der Waals surface area contributed by atoms with Gasteiger partial charge in [-0.25, -0.2) is 4.98 Å². The summed E-state index contributed by atoms with van der Waals surface area (Å²) in [6.07, 6.45) is 5.60. The smallest absolute Gasteiger partial charge is 0.279 e. The van der Waals surface area contributed by atoms with Gasteiger partial charge in [-0.1, -0.05) is 5.16 Å². The van der Waals surface area contributed by atoms with Crippen LogP contribution in [0.15, 0.2) is 16.1 Å². The number of carbonyl (C=O) groups is 1. The maximum Gasteiger partial charge on any atom is 0.279 e. The fourth-order valence-electron chi connectivity index (χ4n) is 2.00. The van der Waals surface area contributed by atoms with Crippen molar-refractivity contribution in [2.75, 3.05) is 5.32 Å². The maximum atomic E-state index is 12.0. The predicted octanol–water partition coefficient (Wildman–Crippen LogP) is 2.26. The Kier molecular flexibility index (Phi) is 2.64. The van der Waals surface area contributed by atoms with Crippen LogP contribution in [0.4, 0.5) is 5.13 Å². The summed E-state index contributed by atoms with van der Waals surface area (Å²) in [6, 6.07) is 0. The molecule has 2 aromatic rings. The summed E-state index contributed by atoms with van der Waals surface area (Å²) >= 11 is 1.38. The van der Waals surface area contributed by atoms with E-state index >= 15 is 0 Å². The molecule has 2 heterocycles. The van der Waals surface area contributed by atoms with Crippen LogP contribution in [0.5, 0.6) is 0 Å². The first-order valence-electron chi connectivity index (χ1n) is 5.53. The fraction of sp³-hybridized carbons (Fsp3) is 0.364. The monoisotopic (exact) mass is 249 g/mol. The lowest BCUT2D eigenvalue weighted by Gasteiger charge is -2.08. The second-order valence-corrected chi connectivity index (χ2v) is 4.83. The number of rotatable bonds is 2. The first-order valence-corrected chi connectivity index (χ1v) is 6.41. The number of fused-ring (bicyclic) bond motifs is 1. The number of carbonyl (C=O) groups excluding carboxylic acids is 1. The van der Waals surface area contributed by atoms with Crippen LogP contribution >= 0.6 is 11.3 Å². The van der Waals surface area contributed by atoms with Gasteiger partial charge in [0.2, 0.25) is 0 Å². The first kappa shape index (κ1) is 10.5. The van der Waals surface area contributed by atoms with Gasteiger partial charge in [-0.2, -0.15) is 0 Å². The fourth-order valence-corrected chi connectivity index (χ4v) is 2.53. The van der Waals surface area contributed by atoms with Gasteiger partial charge < -0.3 is 4.52 Å². The Morgan fingerprint density at radius 1 is 1.41 bits per heavy atom. The molecular formula is C11H11N3O2S. The average Bonchev–Trinajstić information content (AvgIpc) is 2.96. The summed E-state index contributed by atoms with van der Waals surface area (Å²) in [5.74, 6) is 0.632. The number of amides is 1. The molecule has 0 radical (unpaired) electrons. The van der Waals surface area contributed by atoms with Crippen molar-refractivity contribution < 1.29 is 9.32 Å². The summed E-state index contributed by atoms with van der Waals surface area (Å²) in [5, 5.41) is 8.99. The van der Waals surface area contributed by atoms with E-state index in [0.717, 1.165) is 37.0 Å². The maximum absolute atomic E-state index is 12.0. The van der Waals surface area contributed by atoms with Crippen LogP contribution < -0.4 is 5.32 Å². The van der Waals surface area contributed by atoms with Crippen LogP contribution in [0.2, 0.25) is 0 Å². The number of aromatic nitrogens is 2. The number of hydrogen-bond acceptors (Lipinski definition) is 5. The number of aryl methyl sites for hydroxylation is 1. The van der Waals surface area contributed by atoms with Gasteiger partial charge in [0, 0.05) is 23.6 Å². The van der Waals surface area contributed by atoms with Gasteiger partial charge in [-0.05, 0) is 19.3 Å². The SMILES string of the molecule is O=C(Nc1nccs1)c1noc2c1CCCC2. The van der Waals surface area contributed by atoms with E-state index in [-0.39, 0.29) is 5.91 Å². The van der Waals surface area contributed by atoms with Crippen LogP contribution in [0.1, 0.15) is 34.7 Å². The minimum atomic E-state index is -0.230. The van der Waals surface area contributed by atoms with Crippen LogP contribution in [0, 0.1) is 0 Å². The molecular weight excluding hydrogens is 238 g/mol. The quantitative estimate of drug-likeness (QED) is 0.886. The van der Waals surface area contributed by atoms with Crippen molar-refractivity contribution in [1.82, 2.24) is 10.1 Å². The van der Waals surface area contributed by atoms with Gasteiger partial charge in [0.15, 0.2) is 10.8 Å². The third-order valence-corrected chi connectivity index (χ3v) is 3.51. The van der Waals surface area contributed by atoms with E-state index in [2.05, 4.69) is 15.5 Å². The highest BCUT2D eigenvalue weighted by molar-refractivity contribution is 7.13. The second-order valence-electron chi connectivity index (χ2n) is 3.93. The molecule has 0 atom stereocenters. The molecule has 2 aromatic heterocycles. The third kappa shape index (κ3) is 1.95. The van der Waals surface area contributed by atoms with E-state index < -0.39 is 0 Å². The summed E-state index contributed by atoms with van der Waals surface area (Å²) in [5.41, 5.74) is 1.38. The van der Waals surface area contributed by atoms with E-state index in [0.29, 0.717) is 10.8 Å². The minimum absolute atomic E-state index is 0.230. The lowest BCUT2D eigenvalue weighted by molar-refractivity contribution is 0.101. The highest BCUT2D eigenvalue weighted by Crippen LogP contribution is 2.24. The van der Waals surface area contributed by atoms with E-state index in [1.54, 1.807) is 6.20 Å². The van der Waals surface area contributed by atoms with Crippen molar-refractivity contribution in [3.63, 3.8) is 0 Å². The molecule has 1 aliphatic carbocycles. The molecule has 5 nitrogen and oxygen atoms in total. The zero-order chi connectivity index (χ0) is 11.7. The Labute approximate surface area is 102 Å². The van der Waals surface area contributed by atoms with Crippen LogP contribution in [0.25, 0.3) is 0 Å².